The second kappa shape index (κ2) is 5.85. The largest absolute Gasteiger partial charge is 0.472 e. The summed E-state index contributed by atoms with van der Waals surface area (Å²) in [6, 6.07) is 11.3. The zero-order valence-corrected chi connectivity index (χ0v) is 12.0. The van der Waals surface area contributed by atoms with Gasteiger partial charge in [0.25, 0.3) is 0 Å². The molecule has 1 aromatic heterocycles. The van der Waals surface area contributed by atoms with Gasteiger partial charge in [-0.25, -0.2) is 0 Å². The van der Waals surface area contributed by atoms with E-state index < -0.39 is 0 Å². The van der Waals surface area contributed by atoms with Crippen molar-refractivity contribution >= 4 is 11.8 Å². The molecule has 2 heterocycles. The number of likely N-dealkylation sites (N-methyl/N-ethyl adjacent to an activating group) is 1. The van der Waals surface area contributed by atoms with E-state index in [1.54, 1.807) is 6.26 Å². The summed E-state index contributed by atoms with van der Waals surface area (Å²) in [5.74, 6) is 0. The SMILES string of the molecule is CCNC(Cc1ccoc1)C1Cc2ccccc2S1. The van der Waals surface area contributed by atoms with Crippen LogP contribution in [-0.4, -0.2) is 17.8 Å². The summed E-state index contributed by atoms with van der Waals surface area (Å²) >= 11 is 2.01. The molecule has 0 saturated carbocycles. The van der Waals surface area contributed by atoms with E-state index in [1.807, 2.05) is 18.0 Å². The van der Waals surface area contributed by atoms with Crippen LogP contribution in [0.2, 0.25) is 0 Å². The molecule has 0 amide bonds. The lowest BCUT2D eigenvalue weighted by molar-refractivity contribution is 0.500. The van der Waals surface area contributed by atoms with E-state index in [0.29, 0.717) is 11.3 Å². The number of rotatable bonds is 5. The molecule has 1 aliphatic rings. The third kappa shape index (κ3) is 2.88. The maximum Gasteiger partial charge on any atom is 0.0935 e. The zero-order valence-electron chi connectivity index (χ0n) is 11.1. The first kappa shape index (κ1) is 12.8. The van der Waals surface area contributed by atoms with Crippen molar-refractivity contribution in [2.75, 3.05) is 6.54 Å². The van der Waals surface area contributed by atoms with Gasteiger partial charge in [0, 0.05) is 16.2 Å². The minimum Gasteiger partial charge on any atom is -0.472 e. The molecule has 2 atom stereocenters. The molecule has 0 spiro atoms. The van der Waals surface area contributed by atoms with Gasteiger partial charge in [-0.2, -0.15) is 0 Å². The summed E-state index contributed by atoms with van der Waals surface area (Å²) in [6.45, 7) is 3.19. The molecular formula is C16H19NOS. The molecule has 2 unspecified atom stereocenters. The van der Waals surface area contributed by atoms with Crippen molar-refractivity contribution in [2.45, 2.75) is 36.0 Å². The number of furan rings is 1. The van der Waals surface area contributed by atoms with Crippen LogP contribution < -0.4 is 5.32 Å². The van der Waals surface area contributed by atoms with Crippen molar-refractivity contribution in [3.63, 3.8) is 0 Å². The predicted octanol–water partition coefficient (Wildman–Crippen LogP) is 3.52. The highest BCUT2D eigenvalue weighted by molar-refractivity contribution is 8.00. The van der Waals surface area contributed by atoms with E-state index in [4.69, 9.17) is 4.42 Å². The van der Waals surface area contributed by atoms with Crippen LogP contribution in [0.5, 0.6) is 0 Å². The molecule has 0 fully saturated rings. The smallest absolute Gasteiger partial charge is 0.0935 e. The normalized spacial score (nSPS) is 19.3. The quantitative estimate of drug-likeness (QED) is 0.902. The Balaban J connectivity index is 1.72. The van der Waals surface area contributed by atoms with Gasteiger partial charge in [0.15, 0.2) is 0 Å². The lowest BCUT2D eigenvalue weighted by Crippen LogP contribution is -2.39. The van der Waals surface area contributed by atoms with Gasteiger partial charge in [-0.1, -0.05) is 25.1 Å². The third-order valence-electron chi connectivity index (χ3n) is 3.62. The van der Waals surface area contributed by atoms with Crippen LogP contribution in [0.25, 0.3) is 0 Å². The number of benzene rings is 1. The summed E-state index contributed by atoms with van der Waals surface area (Å²) < 4.78 is 5.18. The molecule has 3 heteroatoms. The monoisotopic (exact) mass is 273 g/mol. The highest BCUT2D eigenvalue weighted by Gasteiger charge is 2.29. The average Bonchev–Trinajstić information content (AvgIpc) is 3.06. The van der Waals surface area contributed by atoms with E-state index >= 15 is 0 Å². The topological polar surface area (TPSA) is 25.2 Å². The molecule has 100 valence electrons. The van der Waals surface area contributed by atoms with Crippen molar-refractivity contribution in [3.05, 3.63) is 54.0 Å². The highest BCUT2D eigenvalue weighted by atomic mass is 32.2. The number of hydrogen-bond donors (Lipinski definition) is 1. The lowest BCUT2D eigenvalue weighted by atomic mass is 10.0. The molecule has 1 N–H and O–H groups in total. The van der Waals surface area contributed by atoms with E-state index in [2.05, 4.69) is 42.6 Å². The van der Waals surface area contributed by atoms with Gasteiger partial charge in [0.05, 0.1) is 12.5 Å². The molecule has 0 aliphatic carbocycles. The van der Waals surface area contributed by atoms with Crippen molar-refractivity contribution in [1.82, 2.24) is 5.32 Å². The van der Waals surface area contributed by atoms with Crippen LogP contribution in [0.4, 0.5) is 0 Å². The first-order valence-corrected chi connectivity index (χ1v) is 7.74. The van der Waals surface area contributed by atoms with Crippen LogP contribution in [0.1, 0.15) is 18.1 Å². The maximum atomic E-state index is 5.18. The Morgan fingerprint density at radius 2 is 2.26 bits per heavy atom. The van der Waals surface area contributed by atoms with Gasteiger partial charge in [-0.3, -0.25) is 0 Å². The molecule has 2 aromatic rings. The number of thioether (sulfide) groups is 1. The molecule has 2 nitrogen and oxygen atoms in total. The van der Waals surface area contributed by atoms with Crippen molar-refractivity contribution in [2.24, 2.45) is 0 Å². The van der Waals surface area contributed by atoms with Gasteiger partial charge < -0.3 is 9.73 Å². The summed E-state index contributed by atoms with van der Waals surface area (Å²) in [6.07, 6.45) is 5.82. The first-order valence-electron chi connectivity index (χ1n) is 6.86. The van der Waals surface area contributed by atoms with Crippen molar-refractivity contribution < 1.29 is 4.42 Å². The number of hydrogen-bond acceptors (Lipinski definition) is 3. The van der Waals surface area contributed by atoms with Gasteiger partial charge in [-0.05, 0) is 42.6 Å². The molecule has 0 bridgehead atoms. The second-order valence-electron chi connectivity index (χ2n) is 4.97. The molecule has 19 heavy (non-hydrogen) atoms. The maximum absolute atomic E-state index is 5.18. The van der Waals surface area contributed by atoms with Gasteiger partial charge in [-0.15, -0.1) is 11.8 Å². The Bertz CT molecular complexity index is 498. The second-order valence-corrected chi connectivity index (χ2v) is 6.25. The lowest BCUT2D eigenvalue weighted by Gasteiger charge is -2.23. The summed E-state index contributed by atoms with van der Waals surface area (Å²) in [5, 5.41) is 4.25. The Morgan fingerprint density at radius 1 is 1.37 bits per heavy atom. The van der Waals surface area contributed by atoms with Gasteiger partial charge in [0.2, 0.25) is 0 Å². The van der Waals surface area contributed by atoms with Crippen LogP contribution >= 0.6 is 11.8 Å². The first-order chi connectivity index (χ1) is 9.36. The average molecular weight is 273 g/mol. The third-order valence-corrected chi connectivity index (χ3v) is 5.07. The van der Waals surface area contributed by atoms with Crippen LogP contribution in [0, 0.1) is 0 Å². The Kier molecular flexibility index (Phi) is 3.95. The fraction of sp³-hybridized carbons (Fsp3) is 0.375. The van der Waals surface area contributed by atoms with E-state index in [0.717, 1.165) is 19.4 Å². The van der Waals surface area contributed by atoms with Crippen molar-refractivity contribution in [1.29, 1.82) is 0 Å². The summed E-state index contributed by atoms with van der Waals surface area (Å²) in [5.41, 5.74) is 2.77. The summed E-state index contributed by atoms with van der Waals surface area (Å²) in [7, 11) is 0. The van der Waals surface area contributed by atoms with E-state index in [9.17, 15) is 0 Å². The Morgan fingerprint density at radius 3 is 3.00 bits per heavy atom. The minimum atomic E-state index is 0.500. The Labute approximate surface area is 118 Å². The van der Waals surface area contributed by atoms with Crippen LogP contribution in [0.15, 0.2) is 52.2 Å². The predicted molar refractivity (Wildman–Crippen MR) is 79.7 cm³/mol. The molecular weight excluding hydrogens is 254 g/mol. The van der Waals surface area contributed by atoms with Gasteiger partial charge >= 0.3 is 0 Å². The standard InChI is InChI=1S/C16H19NOS/c1-2-17-14(9-12-7-8-18-11-12)16-10-13-5-3-4-6-15(13)19-16/h3-8,11,14,16-17H,2,9-10H2,1H3. The molecule has 0 radical (unpaired) electrons. The number of nitrogens with one attached hydrogen (secondary N) is 1. The molecule has 3 rings (SSSR count). The molecule has 1 aromatic carbocycles. The van der Waals surface area contributed by atoms with E-state index in [-0.39, 0.29) is 0 Å². The zero-order chi connectivity index (χ0) is 13.1. The summed E-state index contributed by atoms with van der Waals surface area (Å²) in [4.78, 5) is 1.45. The van der Waals surface area contributed by atoms with Crippen LogP contribution in [-0.2, 0) is 12.8 Å². The van der Waals surface area contributed by atoms with Gasteiger partial charge in [0.1, 0.15) is 0 Å². The van der Waals surface area contributed by atoms with Crippen molar-refractivity contribution in [3.8, 4) is 0 Å². The fourth-order valence-corrected chi connectivity index (χ4v) is 4.10. The molecule has 1 aliphatic heterocycles. The highest BCUT2D eigenvalue weighted by Crippen LogP contribution is 2.38. The number of fused-ring (bicyclic) bond motifs is 1. The van der Waals surface area contributed by atoms with E-state index in [1.165, 1.54) is 16.0 Å². The minimum absolute atomic E-state index is 0.500. The fourth-order valence-electron chi connectivity index (χ4n) is 2.69. The Hall–Kier alpha value is -1.19. The van der Waals surface area contributed by atoms with Crippen LogP contribution in [0.3, 0.4) is 0 Å². The molecule has 0 saturated heterocycles.